The summed E-state index contributed by atoms with van der Waals surface area (Å²) >= 11 is 0. The van der Waals surface area contributed by atoms with Crippen molar-refractivity contribution >= 4 is 37.2 Å². The summed E-state index contributed by atoms with van der Waals surface area (Å²) in [6, 6.07) is 22.3. The molecule has 1 N–H and O–H groups in total. The van der Waals surface area contributed by atoms with Gasteiger partial charge in [-0.15, -0.1) is 5.69 Å². The van der Waals surface area contributed by atoms with Crippen molar-refractivity contribution in [3.8, 4) is 11.1 Å². The van der Waals surface area contributed by atoms with Crippen LogP contribution in [-0.2, 0) is 20.0 Å². The fourth-order valence-electron chi connectivity index (χ4n) is 4.16. The predicted octanol–water partition coefficient (Wildman–Crippen LogP) is 5.71. The molecule has 0 radical (unpaired) electrons. The molecule has 0 bridgehead atoms. The number of nitrogens with zero attached hydrogens (tertiary/aromatic N) is 1. The maximum atomic E-state index is 13.2. The molecule has 0 aromatic heterocycles. The van der Waals surface area contributed by atoms with Gasteiger partial charge in [-0.1, -0.05) is 54.1 Å². The highest BCUT2D eigenvalue weighted by atomic mass is 32.2. The lowest BCUT2D eigenvalue weighted by molar-refractivity contribution is 0.104. The standard InChI is InChI=1S/C27H21N2O5S2/c1-17-5-3-7-19(13-17)28-35(31,32)21-9-11-23-24-12-10-22(16-26(24)27(30)25(23)15-21)36(33,34)29-20-8-4-6-18(2)14-20/h3-16,28H,1-2H3/q-1. The zero-order valence-electron chi connectivity index (χ0n) is 19.4. The van der Waals surface area contributed by atoms with Crippen molar-refractivity contribution in [2.75, 3.05) is 4.72 Å². The van der Waals surface area contributed by atoms with E-state index in [0.29, 0.717) is 22.5 Å². The average Bonchev–Trinajstić information content (AvgIpc) is 3.10. The predicted molar refractivity (Wildman–Crippen MR) is 139 cm³/mol. The monoisotopic (exact) mass is 517 g/mol. The van der Waals surface area contributed by atoms with Crippen molar-refractivity contribution in [1.82, 2.24) is 0 Å². The minimum atomic E-state index is -4.07. The highest BCUT2D eigenvalue weighted by Crippen LogP contribution is 2.40. The highest BCUT2D eigenvalue weighted by molar-refractivity contribution is 7.94. The van der Waals surface area contributed by atoms with Crippen LogP contribution in [0.2, 0.25) is 0 Å². The Balaban J connectivity index is 1.46. The molecule has 0 aliphatic heterocycles. The third-order valence-electron chi connectivity index (χ3n) is 5.87. The SMILES string of the molecule is Cc1cccc([N-]S(=O)(=O)c2ccc3c(c2)C(=O)c2cc(S(=O)(=O)Nc4cccc(C)c4)ccc2-3)c1. The van der Waals surface area contributed by atoms with Gasteiger partial charge in [0.2, 0.25) is 0 Å². The molecule has 0 fully saturated rings. The van der Waals surface area contributed by atoms with Crippen molar-refractivity contribution in [1.29, 1.82) is 0 Å². The third kappa shape index (κ3) is 4.38. The summed E-state index contributed by atoms with van der Waals surface area (Å²) < 4.78 is 58.2. The number of anilines is 1. The Hall–Kier alpha value is -3.95. The van der Waals surface area contributed by atoms with Crippen molar-refractivity contribution in [2.45, 2.75) is 23.6 Å². The zero-order valence-corrected chi connectivity index (χ0v) is 21.0. The first kappa shape index (κ1) is 23.8. The van der Waals surface area contributed by atoms with Crippen molar-refractivity contribution in [3.05, 3.63) is 112 Å². The second kappa shape index (κ2) is 8.61. The maximum absolute atomic E-state index is 13.2. The number of sulfonamides is 2. The van der Waals surface area contributed by atoms with E-state index >= 15 is 0 Å². The van der Waals surface area contributed by atoms with Crippen molar-refractivity contribution < 1.29 is 21.6 Å². The number of carbonyl (C=O) groups is 1. The van der Waals surface area contributed by atoms with Crippen molar-refractivity contribution in [2.24, 2.45) is 0 Å². The van der Waals surface area contributed by atoms with Gasteiger partial charge in [0.1, 0.15) is 10.0 Å². The molecule has 1 aliphatic carbocycles. The smallest absolute Gasteiger partial charge is 0.261 e. The molecule has 4 aromatic rings. The summed E-state index contributed by atoms with van der Waals surface area (Å²) in [6.07, 6.45) is 0. The molecule has 182 valence electrons. The van der Waals surface area contributed by atoms with Gasteiger partial charge in [0.05, 0.1) is 9.79 Å². The number of hydrogen-bond acceptors (Lipinski definition) is 5. The summed E-state index contributed by atoms with van der Waals surface area (Å²) in [4.78, 5) is 13.0. The second-order valence-electron chi connectivity index (χ2n) is 8.62. The number of aryl methyl sites for hydroxylation is 2. The maximum Gasteiger partial charge on any atom is 0.261 e. The minimum Gasteiger partial charge on any atom is -0.573 e. The largest absolute Gasteiger partial charge is 0.573 e. The molecule has 0 spiro atoms. The molecule has 7 nitrogen and oxygen atoms in total. The third-order valence-corrected chi connectivity index (χ3v) is 8.55. The van der Waals surface area contributed by atoms with Crippen LogP contribution in [0.25, 0.3) is 15.8 Å². The number of hydrogen-bond donors (Lipinski definition) is 1. The van der Waals surface area contributed by atoms with Crippen LogP contribution < -0.4 is 4.72 Å². The Labute approximate surface area is 209 Å². The molecule has 0 amide bonds. The number of rotatable bonds is 6. The van der Waals surface area contributed by atoms with Crippen LogP contribution in [0.3, 0.4) is 0 Å². The van der Waals surface area contributed by atoms with Gasteiger partial charge >= 0.3 is 0 Å². The number of fused-ring (bicyclic) bond motifs is 3. The van der Waals surface area contributed by atoms with Crippen LogP contribution in [0.15, 0.2) is 94.7 Å². The van der Waals surface area contributed by atoms with E-state index in [4.69, 9.17) is 0 Å². The van der Waals surface area contributed by atoms with Gasteiger partial charge in [0.25, 0.3) is 10.0 Å². The summed E-state index contributed by atoms with van der Waals surface area (Å²) in [5.41, 5.74) is 3.94. The molecular formula is C27H21N2O5S2-. The van der Waals surface area contributed by atoms with Gasteiger partial charge in [-0.05, 0) is 66.9 Å². The van der Waals surface area contributed by atoms with E-state index in [2.05, 4.69) is 9.44 Å². The van der Waals surface area contributed by atoms with Crippen molar-refractivity contribution in [3.63, 3.8) is 0 Å². The summed E-state index contributed by atoms with van der Waals surface area (Å²) in [6.45, 7) is 3.69. The number of ketones is 1. The Bertz CT molecular complexity index is 1630. The molecule has 0 unspecified atom stereocenters. The van der Waals surface area contributed by atoms with E-state index in [9.17, 15) is 21.6 Å². The van der Waals surface area contributed by atoms with Gasteiger partial charge in [-0.25, -0.2) is 16.8 Å². The van der Waals surface area contributed by atoms with Gasteiger partial charge in [0, 0.05) is 16.8 Å². The molecule has 5 rings (SSSR count). The van der Waals surface area contributed by atoms with Gasteiger partial charge in [0.15, 0.2) is 5.78 Å². The lowest BCUT2D eigenvalue weighted by Gasteiger charge is -2.22. The first-order valence-electron chi connectivity index (χ1n) is 11.0. The highest BCUT2D eigenvalue weighted by Gasteiger charge is 2.29. The topological polar surface area (TPSA) is 111 Å². The lowest BCUT2D eigenvalue weighted by atomic mass is 10.1. The average molecular weight is 518 g/mol. The van der Waals surface area contributed by atoms with Crippen LogP contribution in [-0.4, -0.2) is 22.6 Å². The molecule has 0 atom stereocenters. The number of carbonyl (C=O) groups excluding carboxylic acids is 1. The molecule has 0 heterocycles. The summed E-state index contributed by atoms with van der Waals surface area (Å²) in [5, 5.41) is 0. The van der Waals surface area contributed by atoms with Crippen LogP contribution in [0.4, 0.5) is 11.4 Å². The molecule has 1 aliphatic rings. The molecule has 9 heteroatoms. The quantitative estimate of drug-likeness (QED) is 0.310. The first-order chi connectivity index (χ1) is 17.0. The van der Waals surface area contributed by atoms with E-state index in [1.807, 2.05) is 26.0 Å². The van der Waals surface area contributed by atoms with Crippen LogP contribution in [0.1, 0.15) is 27.0 Å². The Morgan fingerprint density at radius 1 is 0.639 bits per heavy atom. The first-order valence-corrected chi connectivity index (χ1v) is 13.9. The van der Waals surface area contributed by atoms with Crippen LogP contribution in [0, 0.1) is 13.8 Å². The molecule has 36 heavy (non-hydrogen) atoms. The molecule has 4 aromatic carbocycles. The number of nitrogens with one attached hydrogen (secondary N) is 1. The van der Waals surface area contributed by atoms with E-state index in [0.717, 1.165) is 11.1 Å². The normalized spacial score (nSPS) is 12.7. The summed E-state index contributed by atoms with van der Waals surface area (Å²) in [7, 11) is -8.01. The zero-order chi connectivity index (χ0) is 25.7. The minimum absolute atomic E-state index is 0.0637. The van der Waals surface area contributed by atoms with Crippen LogP contribution in [0.5, 0.6) is 0 Å². The summed E-state index contributed by atoms with van der Waals surface area (Å²) in [5.74, 6) is -0.444. The Kier molecular flexibility index (Phi) is 5.69. The van der Waals surface area contributed by atoms with Gasteiger partial charge < -0.3 is 4.72 Å². The fraction of sp³-hybridized carbons (Fsp3) is 0.0741. The number of benzene rings is 4. The second-order valence-corrected chi connectivity index (χ2v) is 11.9. The lowest BCUT2D eigenvalue weighted by Crippen LogP contribution is -2.13. The van der Waals surface area contributed by atoms with E-state index < -0.39 is 25.8 Å². The van der Waals surface area contributed by atoms with E-state index in [1.54, 1.807) is 48.5 Å². The van der Waals surface area contributed by atoms with Gasteiger partial charge in [-0.2, -0.15) is 0 Å². The molecular weight excluding hydrogens is 496 g/mol. The van der Waals surface area contributed by atoms with Crippen LogP contribution >= 0.6 is 0 Å². The molecule has 0 saturated carbocycles. The molecule has 0 saturated heterocycles. The fourth-order valence-corrected chi connectivity index (χ4v) is 6.24. The Morgan fingerprint density at radius 2 is 1.22 bits per heavy atom. The Morgan fingerprint density at radius 3 is 1.86 bits per heavy atom. The van der Waals surface area contributed by atoms with E-state index in [1.165, 1.54) is 24.3 Å². The van der Waals surface area contributed by atoms with Gasteiger partial charge in [-0.3, -0.25) is 9.52 Å². The van der Waals surface area contributed by atoms with E-state index in [-0.39, 0.29) is 20.9 Å².